The minimum Gasteiger partial charge on any atom is -0.341 e. The fraction of sp³-hybridized carbons (Fsp3) is 0.167. The smallest absolute Gasteiger partial charge is 0.255 e. The second kappa shape index (κ2) is 9.75. The molecule has 0 fully saturated rings. The molecule has 1 N–H and O–H groups in total. The van der Waals surface area contributed by atoms with E-state index in [1.54, 1.807) is 24.3 Å². The van der Waals surface area contributed by atoms with Gasteiger partial charge >= 0.3 is 0 Å². The molecule has 1 aromatic heterocycles. The number of nitrogens with one attached hydrogen (secondary N) is 1. The van der Waals surface area contributed by atoms with Gasteiger partial charge in [0.2, 0.25) is 10.0 Å². The standard InChI is InChI=1S/C30H29N3O3S/c1-4-32-28-12-8-7-11-26(28)27-19-24(15-18-29(27)32)31-30(34)22-13-16-25(17-14-22)33(37(3,35)36)20-23-10-6-5-9-21(23)2/h5-19H,4,20H2,1-3H3,(H,31,34). The maximum Gasteiger partial charge on any atom is 0.255 e. The van der Waals surface area contributed by atoms with Crippen molar-refractivity contribution in [2.24, 2.45) is 0 Å². The quantitative estimate of drug-likeness (QED) is 0.277. The van der Waals surface area contributed by atoms with Crippen LogP contribution in [0.5, 0.6) is 0 Å². The molecule has 4 aromatic carbocycles. The summed E-state index contributed by atoms with van der Waals surface area (Å²) in [5, 5.41) is 5.22. The Morgan fingerprint density at radius 1 is 0.865 bits per heavy atom. The molecule has 5 aromatic rings. The van der Waals surface area contributed by atoms with Crippen LogP contribution in [0.25, 0.3) is 21.8 Å². The summed E-state index contributed by atoms with van der Waals surface area (Å²) in [4.78, 5) is 13.0. The van der Waals surface area contributed by atoms with Gasteiger partial charge in [0, 0.05) is 39.6 Å². The van der Waals surface area contributed by atoms with Crippen molar-refractivity contribution in [1.82, 2.24) is 4.57 Å². The molecule has 0 radical (unpaired) electrons. The van der Waals surface area contributed by atoms with E-state index >= 15 is 0 Å². The predicted molar refractivity (Wildman–Crippen MR) is 152 cm³/mol. The van der Waals surface area contributed by atoms with E-state index in [2.05, 4.69) is 28.9 Å². The van der Waals surface area contributed by atoms with Crippen LogP contribution in [-0.4, -0.2) is 25.1 Å². The van der Waals surface area contributed by atoms with Gasteiger partial charge in [0.15, 0.2) is 0 Å². The van der Waals surface area contributed by atoms with Crippen LogP contribution in [0, 0.1) is 6.92 Å². The van der Waals surface area contributed by atoms with Crippen LogP contribution in [0.1, 0.15) is 28.4 Å². The molecule has 1 amide bonds. The molecule has 0 atom stereocenters. The van der Waals surface area contributed by atoms with Crippen LogP contribution in [0.15, 0.2) is 91.0 Å². The molecule has 0 spiro atoms. The summed E-state index contributed by atoms with van der Waals surface area (Å²) in [6.45, 7) is 5.16. The van der Waals surface area contributed by atoms with E-state index in [4.69, 9.17) is 0 Å². The Morgan fingerprint density at radius 3 is 2.24 bits per heavy atom. The third kappa shape index (κ3) is 4.82. The average Bonchev–Trinajstić information content (AvgIpc) is 3.20. The molecule has 188 valence electrons. The SMILES string of the molecule is CCn1c2ccccc2c2cc(NC(=O)c3ccc(N(Cc4ccccc4C)S(C)(=O)=O)cc3)ccc21. The normalized spacial score (nSPS) is 11.6. The molecule has 6 nitrogen and oxygen atoms in total. The highest BCUT2D eigenvalue weighted by molar-refractivity contribution is 7.92. The number of carbonyl (C=O) groups excluding carboxylic acids is 1. The molecular formula is C30H29N3O3S. The van der Waals surface area contributed by atoms with E-state index in [-0.39, 0.29) is 12.5 Å². The highest BCUT2D eigenvalue weighted by Gasteiger charge is 2.19. The largest absolute Gasteiger partial charge is 0.341 e. The first-order valence-corrected chi connectivity index (χ1v) is 14.1. The molecule has 0 aliphatic heterocycles. The number of anilines is 2. The van der Waals surface area contributed by atoms with Crippen molar-refractivity contribution in [2.75, 3.05) is 15.9 Å². The summed E-state index contributed by atoms with van der Waals surface area (Å²) in [6, 6.07) is 28.6. The molecule has 1 heterocycles. The van der Waals surface area contributed by atoms with Gasteiger partial charge in [-0.3, -0.25) is 9.10 Å². The number of aromatic nitrogens is 1. The Labute approximate surface area is 217 Å². The number of rotatable bonds is 7. The zero-order valence-electron chi connectivity index (χ0n) is 21.1. The fourth-order valence-corrected chi connectivity index (χ4v) is 5.67. The minimum atomic E-state index is -3.52. The number of aryl methyl sites for hydroxylation is 2. The lowest BCUT2D eigenvalue weighted by atomic mass is 10.1. The monoisotopic (exact) mass is 511 g/mol. The molecular weight excluding hydrogens is 482 g/mol. The summed E-state index contributed by atoms with van der Waals surface area (Å²) < 4.78 is 28.8. The number of hydrogen-bond acceptors (Lipinski definition) is 3. The first-order valence-electron chi connectivity index (χ1n) is 12.2. The van der Waals surface area contributed by atoms with E-state index in [1.807, 2.05) is 61.5 Å². The van der Waals surface area contributed by atoms with Crippen LogP contribution in [0.2, 0.25) is 0 Å². The number of hydrogen-bond donors (Lipinski definition) is 1. The third-order valence-electron chi connectivity index (χ3n) is 6.74. The van der Waals surface area contributed by atoms with Gasteiger partial charge in [-0.05, 0) is 73.5 Å². The second-order valence-corrected chi connectivity index (χ2v) is 11.1. The van der Waals surface area contributed by atoms with Crippen LogP contribution < -0.4 is 9.62 Å². The number of fused-ring (bicyclic) bond motifs is 3. The van der Waals surface area contributed by atoms with E-state index in [9.17, 15) is 13.2 Å². The maximum absolute atomic E-state index is 13.0. The molecule has 0 aliphatic rings. The van der Waals surface area contributed by atoms with Crippen LogP contribution in [0.3, 0.4) is 0 Å². The van der Waals surface area contributed by atoms with Gasteiger partial charge in [0.1, 0.15) is 0 Å². The number of sulfonamides is 1. The van der Waals surface area contributed by atoms with Crippen molar-refractivity contribution < 1.29 is 13.2 Å². The van der Waals surface area contributed by atoms with Crippen molar-refractivity contribution in [1.29, 1.82) is 0 Å². The van der Waals surface area contributed by atoms with Gasteiger partial charge in [0.25, 0.3) is 5.91 Å². The third-order valence-corrected chi connectivity index (χ3v) is 7.88. The van der Waals surface area contributed by atoms with E-state index in [0.717, 1.165) is 34.0 Å². The number of amides is 1. The second-order valence-electron chi connectivity index (χ2n) is 9.19. The molecule has 7 heteroatoms. The number of carbonyl (C=O) groups is 1. The highest BCUT2D eigenvalue weighted by atomic mass is 32.2. The van der Waals surface area contributed by atoms with Crippen LogP contribution in [0.4, 0.5) is 11.4 Å². The van der Waals surface area contributed by atoms with Crippen molar-refractivity contribution >= 4 is 49.1 Å². The molecule has 0 aliphatic carbocycles. The zero-order valence-corrected chi connectivity index (χ0v) is 21.9. The number of para-hydroxylation sites is 1. The van der Waals surface area contributed by atoms with E-state index < -0.39 is 10.0 Å². The van der Waals surface area contributed by atoms with Gasteiger partial charge in [-0.15, -0.1) is 0 Å². The van der Waals surface area contributed by atoms with Gasteiger partial charge in [-0.1, -0.05) is 42.5 Å². The fourth-order valence-electron chi connectivity index (χ4n) is 4.80. The topological polar surface area (TPSA) is 71.4 Å². The molecule has 37 heavy (non-hydrogen) atoms. The first kappa shape index (κ1) is 24.6. The zero-order chi connectivity index (χ0) is 26.2. The Morgan fingerprint density at radius 2 is 1.54 bits per heavy atom. The lowest BCUT2D eigenvalue weighted by Gasteiger charge is -2.23. The Kier molecular flexibility index (Phi) is 6.48. The summed E-state index contributed by atoms with van der Waals surface area (Å²) >= 11 is 0. The van der Waals surface area contributed by atoms with Crippen molar-refractivity contribution in [3.05, 3.63) is 108 Å². The molecule has 0 saturated carbocycles. The Balaban J connectivity index is 1.40. The maximum atomic E-state index is 13.0. The molecule has 0 saturated heterocycles. The average molecular weight is 512 g/mol. The van der Waals surface area contributed by atoms with Gasteiger partial charge in [0.05, 0.1) is 18.5 Å². The summed E-state index contributed by atoms with van der Waals surface area (Å²) in [6.07, 6.45) is 1.19. The lowest BCUT2D eigenvalue weighted by molar-refractivity contribution is 0.102. The van der Waals surface area contributed by atoms with Crippen molar-refractivity contribution in [3.8, 4) is 0 Å². The first-order chi connectivity index (χ1) is 17.8. The lowest BCUT2D eigenvalue weighted by Crippen LogP contribution is -2.29. The molecule has 5 rings (SSSR count). The molecule has 0 unspecified atom stereocenters. The summed E-state index contributed by atoms with van der Waals surface area (Å²) in [5.41, 5.74) is 5.90. The summed E-state index contributed by atoms with van der Waals surface area (Å²) in [7, 11) is -3.52. The van der Waals surface area contributed by atoms with Crippen LogP contribution >= 0.6 is 0 Å². The van der Waals surface area contributed by atoms with E-state index in [1.165, 1.54) is 16.1 Å². The van der Waals surface area contributed by atoms with Gasteiger partial charge in [-0.25, -0.2) is 8.42 Å². The Hall–Kier alpha value is -4.10. The van der Waals surface area contributed by atoms with Crippen molar-refractivity contribution in [3.63, 3.8) is 0 Å². The minimum absolute atomic E-state index is 0.225. The predicted octanol–water partition coefficient (Wildman–Crippen LogP) is 6.34. The number of nitrogens with zero attached hydrogens (tertiary/aromatic N) is 2. The van der Waals surface area contributed by atoms with Gasteiger partial charge in [-0.2, -0.15) is 0 Å². The summed E-state index contributed by atoms with van der Waals surface area (Å²) in [5.74, 6) is -0.255. The van der Waals surface area contributed by atoms with Crippen LogP contribution in [-0.2, 0) is 23.1 Å². The Bertz CT molecular complexity index is 1720. The number of benzene rings is 4. The molecule has 0 bridgehead atoms. The highest BCUT2D eigenvalue weighted by Crippen LogP contribution is 2.31. The van der Waals surface area contributed by atoms with E-state index in [0.29, 0.717) is 16.9 Å². The van der Waals surface area contributed by atoms with Crippen molar-refractivity contribution in [2.45, 2.75) is 26.9 Å². The van der Waals surface area contributed by atoms with Gasteiger partial charge < -0.3 is 9.88 Å².